The zero-order valence-electron chi connectivity index (χ0n) is 11.3. The monoisotopic (exact) mass is 303 g/mol. The van der Waals surface area contributed by atoms with Crippen LogP contribution in [0.25, 0.3) is 0 Å². The Morgan fingerprint density at radius 3 is 2.81 bits per heavy atom. The van der Waals surface area contributed by atoms with E-state index in [0.29, 0.717) is 18.7 Å². The van der Waals surface area contributed by atoms with Crippen LogP contribution in [0.2, 0.25) is 0 Å². The highest BCUT2D eigenvalue weighted by atomic mass is 19.4. The number of rotatable bonds is 4. The highest BCUT2D eigenvalue weighted by Crippen LogP contribution is 2.20. The minimum atomic E-state index is -4.42. The number of carbonyl (C=O) groups is 1. The zero-order chi connectivity index (χ0) is 15.5. The van der Waals surface area contributed by atoms with Crippen LogP contribution >= 0.6 is 0 Å². The predicted molar refractivity (Wildman–Crippen MR) is 68.9 cm³/mol. The number of halogens is 3. The van der Waals surface area contributed by atoms with Crippen molar-refractivity contribution in [3.8, 4) is 5.88 Å². The second kappa shape index (κ2) is 6.30. The third kappa shape index (κ3) is 4.07. The average Bonchev–Trinajstić information content (AvgIpc) is 2.92. The van der Waals surface area contributed by atoms with Crippen LogP contribution in [0.4, 0.5) is 13.2 Å². The van der Waals surface area contributed by atoms with Crippen molar-refractivity contribution in [1.29, 1.82) is 0 Å². The van der Waals surface area contributed by atoms with Gasteiger partial charge in [-0.15, -0.1) is 0 Å². The lowest BCUT2D eigenvalue weighted by atomic mass is 10.2. The summed E-state index contributed by atoms with van der Waals surface area (Å²) in [6.07, 6.45) is -1.43. The molecule has 1 fully saturated rings. The number of hydrogen-bond donors (Lipinski definition) is 1. The summed E-state index contributed by atoms with van der Waals surface area (Å²) >= 11 is 0. The van der Waals surface area contributed by atoms with Crippen LogP contribution in [0, 0.1) is 0 Å². The number of carbonyl (C=O) groups excluding carboxylic acids is 1. The molecule has 2 rings (SSSR count). The molecule has 1 atom stereocenters. The Bertz CT molecular complexity index is 490. The lowest BCUT2D eigenvalue weighted by Crippen LogP contribution is -2.39. The number of nitrogens with zero attached hydrogens (tertiary/aromatic N) is 2. The van der Waals surface area contributed by atoms with Gasteiger partial charge in [0.25, 0.3) is 5.91 Å². The molecule has 0 aliphatic carbocycles. The molecule has 2 N–H and O–H groups in total. The summed E-state index contributed by atoms with van der Waals surface area (Å²) < 4.78 is 40.5. The number of alkyl halides is 3. The summed E-state index contributed by atoms with van der Waals surface area (Å²) in [6, 6.07) is 2.68. The highest BCUT2D eigenvalue weighted by Gasteiger charge is 2.30. The summed E-state index contributed by atoms with van der Waals surface area (Å²) in [6.45, 7) is -0.381. The maximum atomic E-state index is 12.3. The van der Waals surface area contributed by atoms with Gasteiger partial charge in [-0.2, -0.15) is 13.2 Å². The molecule has 116 valence electrons. The van der Waals surface area contributed by atoms with Crippen LogP contribution in [0.3, 0.4) is 0 Å². The number of aromatic nitrogens is 1. The minimum absolute atomic E-state index is 0.0126. The lowest BCUT2D eigenvalue weighted by molar-refractivity contribution is -0.154. The summed E-state index contributed by atoms with van der Waals surface area (Å²) in [5, 5.41) is 0. The Labute approximate surface area is 119 Å². The molecule has 0 spiro atoms. The van der Waals surface area contributed by atoms with Crippen molar-refractivity contribution < 1.29 is 22.7 Å². The first kappa shape index (κ1) is 15.6. The normalized spacial score (nSPS) is 18.9. The van der Waals surface area contributed by atoms with Crippen molar-refractivity contribution in [3.05, 3.63) is 23.9 Å². The molecule has 1 aromatic rings. The van der Waals surface area contributed by atoms with Crippen molar-refractivity contribution in [2.45, 2.75) is 25.1 Å². The van der Waals surface area contributed by atoms with E-state index in [2.05, 4.69) is 9.72 Å². The van der Waals surface area contributed by atoms with Crippen LogP contribution in [-0.2, 0) is 0 Å². The third-order valence-electron chi connectivity index (χ3n) is 3.28. The van der Waals surface area contributed by atoms with Gasteiger partial charge in [-0.3, -0.25) is 4.79 Å². The zero-order valence-corrected chi connectivity index (χ0v) is 11.3. The molecule has 1 aliphatic heterocycles. The summed E-state index contributed by atoms with van der Waals surface area (Å²) in [4.78, 5) is 17.7. The standard InChI is InChI=1S/C13H16F3N3O2/c14-13(15,16)8-21-11-4-3-9(7-18-11)12(20)19-5-1-2-10(19)6-17/h3-4,7,10H,1-2,5-6,8,17H2. The second-order valence-electron chi connectivity index (χ2n) is 4.82. The number of pyridine rings is 1. The van der Waals surface area contributed by atoms with E-state index >= 15 is 0 Å². The largest absolute Gasteiger partial charge is 0.468 e. The fourth-order valence-corrected chi connectivity index (χ4v) is 2.26. The van der Waals surface area contributed by atoms with E-state index in [-0.39, 0.29) is 17.8 Å². The quantitative estimate of drug-likeness (QED) is 0.917. The first-order chi connectivity index (χ1) is 9.90. The van der Waals surface area contributed by atoms with Gasteiger partial charge in [-0.25, -0.2) is 4.98 Å². The van der Waals surface area contributed by atoms with Gasteiger partial charge in [0.05, 0.1) is 5.56 Å². The molecule has 1 saturated heterocycles. The molecule has 8 heteroatoms. The second-order valence-corrected chi connectivity index (χ2v) is 4.82. The Morgan fingerprint density at radius 2 is 2.24 bits per heavy atom. The van der Waals surface area contributed by atoms with Gasteiger partial charge in [0.15, 0.2) is 6.61 Å². The molecular weight excluding hydrogens is 287 g/mol. The maximum absolute atomic E-state index is 12.3. The first-order valence-electron chi connectivity index (χ1n) is 6.57. The van der Waals surface area contributed by atoms with Gasteiger partial charge < -0.3 is 15.4 Å². The van der Waals surface area contributed by atoms with E-state index in [0.717, 1.165) is 12.8 Å². The number of ether oxygens (including phenoxy) is 1. The fourth-order valence-electron chi connectivity index (χ4n) is 2.26. The first-order valence-corrected chi connectivity index (χ1v) is 6.57. The Balaban J connectivity index is 2.00. The van der Waals surface area contributed by atoms with Gasteiger partial charge in [-0.1, -0.05) is 0 Å². The molecule has 21 heavy (non-hydrogen) atoms. The van der Waals surface area contributed by atoms with Crippen molar-refractivity contribution in [1.82, 2.24) is 9.88 Å². The average molecular weight is 303 g/mol. The van der Waals surface area contributed by atoms with Crippen LogP contribution in [0.15, 0.2) is 18.3 Å². The van der Waals surface area contributed by atoms with Gasteiger partial charge in [0, 0.05) is 31.4 Å². The SMILES string of the molecule is NCC1CCCN1C(=O)c1ccc(OCC(F)(F)F)nc1. The highest BCUT2D eigenvalue weighted by molar-refractivity contribution is 5.94. The molecular formula is C13H16F3N3O2. The summed E-state index contributed by atoms with van der Waals surface area (Å²) in [7, 11) is 0. The molecule has 1 aromatic heterocycles. The molecule has 0 radical (unpaired) electrons. The van der Waals surface area contributed by atoms with Crippen molar-refractivity contribution in [2.75, 3.05) is 19.7 Å². The van der Waals surface area contributed by atoms with Gasteiger partial charge >= 0.3 is 6.18 Å². The number of hydrogen-bond acceptors (Lipinski definition) is 4. The van der Waals surface area contributed by atoms with Crippen molar-refractivity contribution >= 4 is 5.91 Å². The fraction of sp³-hybridized carbons (Fsp3) is 0.538. The molecule has 1 aliphatic rings. The Kier molecular flexibility index (Phi) is 4.66. The minimum Gasteiger partial charge on any atom is -0.468 e. The van der Waals surface area contributed by atoms with Crippen LogP contribution < -0.4 is 10.5 Å². The molecule has 0 aromatic carbocycles. The van der Waals surface area contributed by atoms with Gasteiger partial charge in [0.2, 0.25) is 5.88 Å². The smallest absolute Gasteiger partial charge is 0.422 e. The summed E-state index contributed by atoms with van der Waals surface area (Å²) in [5.41, 5.74) is 5.92. The van der Waals surface area contributed by atoms with E-state index in [1.807, 2.05) is 0 Å². The third-order valence-corrected chi connectivity index (χ3v) is 3.28. The molecule has 1 amide bonds. The van der Waals surface area contributed by atoms with Crippen molar-refractivity contribution in [2.24, 2.45) is 5.73 Å². The number of amides is 1. The Morgan fingerprint density at radius 1 is 1.48 bits per heavy atom. The molecule has 5 nitrogen and oxygen atoms in total. The van der Waals surface area contributed by atoms with Crippen LogP contribution in [0.5, 0.6) is 5.88 Å². The van der Waals surface area contributed by atoms with Crippen LogP contribution in [-0.4, -0.2) is 47.7 Å². The van der Waals surface area contributed by atoms with E-state index in [1.54, 1.807) is 4.90 Å². The Hall–Kier alpha value is -1.83. The summed E-state index contributed by atoms with van der Waals surface area (Å²) in [5.74, 6) is -0.376. The predicted octanol–water partition coefficient (Wildman–Crippen LogP) is 1.59. The van der Waals surface area contributed by atoms with E-state index in [1.165, 1.54) is 18.3 Å². The van der Waals surface area contributed by atoms with Gasteiger partial charge in [-0.05, 0) is 18.9 Å². The molecule has 0 saturated carbocycles. The number of likely N-dealkylation sites (tertiary alicyclic amines) is 1. The van der Waals surface area contributed by atoms with E-state index < -0.39 is 12.8 Å². The molecule has 2 heterocycles. The van der Waals surface area contributed by atoms with Gasteiger partial charge in [0.1, 0.15) is 0 Å². The van der Waals surface area contributed by atoms with Crippen LogP contribution in [0.1, 0.15) is 23.2 Å². The lowest BCUT2D eigenvalue weighted by Gasteiger charge is -2.23. The number of nitrogens with two attached hydrogens (primary N) is 1. The molecule has 1 unspecified atom stereocenters. The van der Waals surface area contributed by atoms with E-state index in [9.17, 15) is 18.0 Å². The maximum Gasteiger partial charge on any atom is 0.422 e. The topological polar surface area (TPSA) is 68.5 Å². The van der Waals surface area contributed by atoms with Crippen molar-refractivity contribution in [3.63, 3.8) is 0 Å². The molecule has 0 bridgehead atoms. The van der Waals surface area contributed by atoms with E-state index in [4.69, 9.17) is 5.73 Å².